The number of aryl methyl sites for hydroxylation is 1. The Kier molecular flexibility index (Phi) is 5.13. The Morgan fingerprint density at radius 2 is 2.13 bits per heavy atom. The van der Waals surface area contributed by atoms with Crippen molar-refractivity contribution in [3.8, 4) is 5.75 Å². The molecule has 0 radical (unpaired) electrons. The van der Waals surface area contributed by atoms with Crippen molar-refractivity contribution in [2.75, 3.05) is 18.9 Å². The lowest BCUT2D eigenvalue weighted by Gasteiger charge is -2.28. The molecule has 0 aromatic heterocycles. The van der Waals surface area contributed by atoms with Crippen molar-refractivity contribution in [3.63, 3.8) is 0 Å². The van der Waals surface area contributed by atoms with Gasteiger partial charge in [-0.05, 0) is 42.4 Å². The molecule has 0 bridgehead atoms. The van der Waals surface area contributed by atoms with E-state index in [0.717, 1.165) is 24.3 Å². The molecule has 23 heavy (non-hydrogen) atoms. The summed E-state index contributed by atoms with van der Waals surface area (Å²) in [6.45, 7) is 3.19. The van der Waals surface area contributed by atoms with Gasteiger partial charge in [-0.2, -0.15) is 10.5 Å². The molecule has 0 aliphatic carbocycles. The third-order valence-electron chi connectivity index (χ3n) is 4.16. The van der Waals surface area contributed by atoms with Gasteiger partial charge in [-0.1, -0.05) is 30.1 Å². The molecule has 2 aromatic carbocycles. The predicted molar refractivity (Wildman–Crippen MR) is 96.3 cm³/mol. The van der Waals surface area contributed by atoms with Crippen LogP contribution in [0.5, 0.6) is 5.75 Å². The molecule has 0 fully saturated rings. The van der Waals surface area contributed by atoms with E-state index in [-0.39, 0.29) is 16.3 Å². The highest BCUT2D eigenvalue weighted by molar-refractivity contribution is 8.14. The van der Waals surface area contributed by atoms with E-state index in [4.69, 9.17) is 4.74 Å². The summed E-state index contributed by atoms with van der Waals surface area (Å²) in [6.07, 6.45) is 1.10. The molecule has 122 valence electrons. The van der Waals surface area contributed by atoms with Gasteiger partial charge in [0.2, 0.25) is 0 Å². The normalized spacial score (nSPS) is 20.1. The van der Waals surface area contributed by atoms with Gasteiger partial charge in [0.25, 0.3) is 0 Å². The van der Waals surface area contributed by atoms with E-state index >= 15 is 0 Å². The smallest absolute Gasteiger partial charge is 0.126 e. The summed E-state index contributed by atoms with van der Waals surface area (Å²) in [5.41, 5.74) is 2.31. The number of hydrogen-bond acceptors (Lipinski definition) is 2. The van der Waals surface area contributed by atoms with Crippen molar-refractivity contribution >= 4 is 16.4 Å². The summed E-state index contributed by atoms with van der Waals surface area (Å²) in [6, 6.07) is 13.5. The van der Waals surface area contributed by atoms with Crippen molar-refractivity contribution in [1.29, 1.82) is 0 Å². The minimum atomic E-state index is -0.262. The highest BCUT2D eigenvalue weighted by Crippen LogP contribution is 2.39. The van der Waals surface area contributed by atoms with Crippen molar-refractivity contribution in [2.24, 2.45) is 0 Å². The summed E-state index contributed by atoms with van der Waals surface area (Å²) in [4.78, 5) is 1.37. The summed E-state index contributed by atoms with van der Waals surface area (Å²) in [5.74, 6) is 5.75. The van der Waals surface area contributed by atoms with Crippen molar-refractivity contribution in [3.05, 3.63) is 59.4 Å². The average Bonchev–Trinajstić information content (AvgIpc) is 2.56. The van der Waals surface area contributed by atoms with Crippen LogP contribution in [0.1, 0.15) is 23.6 Å². The van der Waals surface area contributed by atoms with E-state index in [0.29, 0.717) is 18.4 Å². The van der Waals surface area contributed by atoms with Gasteiger partial charge >= 0.3 is 0 Å². The molecule has 1 aliphatic rings. The lowest BCUT2D eigenvalue weighted by atomic mass is 10.0. The van der Waals surface area contributed by atoms with Gasteiger partial charge < -0.3 is 10.1 Å². The number of nitrogens with one attached hydrogen (secondary N) is 1. The topological polar surface area (TPSA) is 21.3 Å². The van der Waals surface area contributed by atoms with E-state index in [1.54, 1.807) is 6.07 Å². The molecule has 2 atom stereocenters. The fourth-order valence-corrected chi connectivity index (χ4v) is 4.45. The Hall–Kier alpha value is -1.65. The fraction of sp³-hybridized carbons (Fsp3) is 0.316. The van der Waals surface area contributed by atoms with E-state index in [9.17, 15) is 4.39 Å². The first-order valence-electron chi connectivity index (χ1n) is 7.87. The maximum Gasteiger partial charge on any atom is 0.126 e. The predicted octanol–water partition coefficient (Wildman–Crippen LogP) is 4.31. The summed E-state index contributed by atoms with van der Waals surface area (Å²) < 4.78 is 19.0. The van der Waals surface area contributed by atoms with Crippen LogP contribution in [0.25, 0.3) is 0 Å². The second-order valence-electron chi connectivity index (χ2n) is 5.79. The zero-order valence-electron chi connectivity index (χ0n) is 13.3. The quantitative estimate of drug-likeness (QED) is 0.651. The Labute approximate surface area is 139 Å². The van der Waals surface area contributed by atoms with Gasteiger partial charge in [0.1, 0.15) is 18.2 Å². The Balaban J connectivity index is 1.56. The van der Waals surface area contributed by atoms with Crippen LogP contribution in [0.3, 0.4) is 0 Å². The maximum atomic E-state index is 13.2. The van der Waals surface area contributed by atoms with Gasteiger partial charge in [-0.3, -0.25) is 0 Å². The minimum absolute atomic E-state index is 0.108. The zero-order chi connectivity index (χ0) is 16.2. The van der Waals surface area contributed by atoms with Crippen LogP contribution in [0.4, 0.5) is 4.39 Å². The van der Waals surface area contributed by atoms with Crippen LogP contribution in [0.15, 0.2) is 47.4 Å². The number of fused-ring (bicyclic) bond motifs is 1. The fourth-order valence-electron chi connectivity index (χ4n) is 2.89. The van der Waals surface area contributed by atoms with Crippen molar-refractivity contribution < 1.29 is 9.13 Å². The summed E-state index contributed by atoms with van der Waals surface area (Å²) >= 11 is 0. The number of rotatable bonds is 5. The molecule has 0 amide bonds. The molecular weight excluding hydrogens is 309 g/mol. The van der Waals surface area contributed by atoms with Crippen LogP contribution in [-0.2, 0) is 0 Å². The van der Waals surface area contributed by atoms with Crippen LogP contribution < -0.4 is 10.1 Å². The largest absolute Gasteiger partial charge is 0.492 e. The maximum absolute atomic E-state index is 13.2. The number of ether oxygens (including phenoxy) is 1. The lowest BCUT2D eigenvalue weighted by molar-refractivity contribution is 0.300. The monoisotopic (exact) mass is 331 g/mol. The standard InChI is InChI=1S/C19H22FNOS/c1-14-7-8-15(20)13-18(14)22-11-10-21-17-9-12-23(2)19-6-4-3-5-16(17)19/h3-8,13,17,21H,2,9-12H2,1H3. The van der Waals surface area contributed by atoms with E-state index < -0.39 is 0 Å². The van der Waals surface area contributed by atoms with Crippen molar-refractivity contribution in [1.82, 2.24) is 5.32 Å². The molecule has 0 saturated heterocycles. The SMILES string of the molecule is C=S1CCC(NCCOc2cc(F)ccc2C)c2ccccc21. The Morgan fingerprint density at radius 3 is 3.00 bits per heavy atom. The molecule has 3 rings (SSSR count). The first kappa shape index (κ1) is 16.2. The van der Waals surface area contributed by atoms with Crippen LogP contribution in [0.2, 0.25) is 0 Å². The highest BCUT2D eigenvalue weighted by atomic mass is 32.2. The van der Waals surface area contributed by atoms with Gasteiger partial charge in [-0.15, -0.1) is 0 Å². The molecule has 2 unspecified atom stereocenters. The molecule has 4 heteroatoms. The number of hydrogen-bond donors (Lipinski definition) is 1. The Bertz CT molecular complexity index is 716. The second kappa shape index (κ2) is 7.28. The van der Waals surface area contributed by atoms with Gasteiger partial charge in [0.15, 0.2) is 0 Å². The molecule has 1 N–H and O–H groups in total. The average molecular weight is 331 g/mol. The summed E-state index contributed by atoms with van der Waals surface area (Å²) in [5, 5.41) is 3.56. The molecular formula is C19H22FNOS. The van der Waals surface area contributed by atoms with E-state index in [1.165, 1.54) is 22.6 Å². The first-order valence-corrected chi connectivity index (χ1v) is 9.43. The van der Waals surface area contributed by atoms with E-state index in [1.807, 2.05) is 6.92 Å². The first-order chi connectivity index (χ1) is 11.1. The van der Waals surface area contributed by atoms with Crippen molar-refractivity contribution in [2.45, 2.75) is 24.3 Å². The van der Waals surface area contributed by atoms with Gasteiger partial charge in [0.05, 0.1) is 0 Å². The summed E-state index contributed by atoms with van der Waals surface area (Å²) in [7, 11) is 0.108. The molecule has 2 aromatic rings. The van der Waals surface area contributed by atoms with Crippen LogP contribution in [0, 0.1) is 12.7 Å². The third-order valence-corrected chi connectivity index (χ3v) is 5.88. The molecule has 1 aliphatic heterocycles. The van der Waals surface area contributed by atoms with Crippen LogP contribution in [-0.4, -0.2) is 24.8 Å². The number of benzene rings is 2. The highest BCUT2D eigenvalue weighted by Gasteiger charge is 2.20. The molecule has 0 spiro atoms. The Morgan fingerprint density at radius 1 is 1.30 bits per heavy atom. The third kappa shape index (κ3) is 3.82. The van der Waals surface area contributed by atoms with Gasteiger partial charge in [-0.25, -0.2) is 4.39 Å². The van der Waals surface area contributed by atoms with Gasteiger partial charge in [0, 0.05) is 23.5 Å². The second-order valence-corrected chi connectivity index (χ2v) is 7.62. The molecule has 0 saturated carbocycles. The van der Waals surface area contributed by atoms with Crippen LogP contribution >= 0.6 is 10.5 Å². The zero-order valence-corrected chi connectivity index (χ0v) is 14.2. The molecule has 2 nitrogen and oxygen atoms in total. The molecule has 1 heterocycles. The number of halogens is 1. The van der Waals surface area contributed by atoms with E-state index in [2.05, 4.69) is 35.5 Å². The minimum Gasteiger partial charge on any atom is -0.492 e. The lowest BCUT2D eigenvalue weighted by Crippen LogP contribution is -2.29.